The van der Waals surface area contributed by atoms with Crippen molar-refractivity contribution in [3.8, 4) is 5.75 Å². The van der Waals surface area contributed by atoms with Gasteiger partial charge in [-0.2, -0.15) is 0 Å². The Morgan fingerprint density at radius 1 is 1.35 bits per heavy atom. The van der Waals surface area contributed by atoms with Crippen LogP contribution in [0, 0.1) is 17.7 Å². The molecule has 0 aromatic heterocycles. The fourth-order valence-electron chi connectivity index (χ4n) is 1.45. The van der Waals surface area contributed by atoms with Gasteiger partial charge in [0.1, 0.15) is 11.6 Å². The molecule has 1 rings (SSSR count). The zero-order valence-electron chi connectivity index (χ0n) is 10.0. The maximum Gasteiger partial charge on any atom is 0.303 e. The van der Waals surface area contributed by atoms with Crippen molar-refractivity contribution in [1.82, 2.24) is 0 Å². The van der Waals surface area contributed by atoms with E-state index in [1.165, 1.54) is 24.3 Å². The van der Waals surface area contributed by atoms with Crippen LogP contribution in [0.4, 0.5) is 4.39 Å². The number of halogens is 1. The number of rotatable bonds is 6. The lowest BCUT2D eigenvalue weighted by molar-refractivity contribution is -0.138. The van der Waals surface area contributed by atoms with Gasteiger partial charge < -0.3 is 9.84 Å². The van der Waals surface area contributed by atoms with Crippen molar-refractivity contribution >= 4 is 5.97 Å². The van der Waals surface area contributed by atoms with Gasteiger partial charge >= 0.3 is 5.97 Å². The van der Waals surface area contributed by atoms with Gasteiger partial charge in [-0.15, -0.1) is 0 Å². The Morgan fingerprint density at radius 2 is 1.94 bits per heavy atom. The van der Waals surface area contributed by atoms with Crippen LogP contribution in [0.15, 0.2) is 24.3 Å². The Morgan fingerprint density at radius 3 is 2.41 bits per heavy atom. The molecule has 0 aliphatic rings. The molecule has 0 radical (unpaired) electrons. The molecule has 1 unspecified atom stereocenters. The van der Waals surface area contributed by atoms with Gasteiger partial charge in [-0.1, -0.05) is 13.8 Å². The lowest BCUT2D eigenvalue weighted by Crippen LogP contribution is -2.21. The summed E-state index contributed by atoms with van der Waals surface area (Å²) in [5, 5.41) is 8.76. The zero-order valence-corrected chi connectivity index (χ0v) is 10.0. The molecular weight excluding hydrogens is 223 g/mol. The number of benzene rings is 1. The van der Waals surface area contributed by atoms with E-state index in [2.05, 4.69) is 0 Å². The van der Waals surface area contributed by atoms with Crippen LogP contribution in [-0.4, -0.2) is 17.7 Å². The van der Waals surface area contributed by atoms with E-state index in [-0.39, 0.29) is 24.1 Å². The number of hydrogen-bond donors (Lipinski definition) is 1. The number of carbonyl (C=O) groups is 1. The minimum Gasteiger partial charge on any atom is -0.493 e. The van der Waals surface area contributed by atoms with Gasteiger partial charge in [0.15, 0.2) is 0 Å². The SMILES string of the molecule is CC(C)C(COc1ccc(F)cc1)CC(=O)O. The molecule has 0 amide bonds. The summed E-state index contributed by atoms with van der Waals surface area (Å²) in [5.41, 5.74) is 0. The molecule has 1 atom stereocenters. The molecule has 0 bridgehead atoms. The maximum atomic E-state index is 12.7. The van der Waals surface area contributed by atoms with Crippen molar-refractivity contribution in [3.05, 3.63) is 30.1 Å². The molecule has 0 fully saturated rings. The molecular formula is C13H17FO3. The first-order chi connectivity index (χ1) is 7.99. The Hall–Kier alpha value is -1.58. The average molecular weight is 240 g/mol. The molecule has 4 heteroatoms. The number of ether oxygens (including phenoxy) is 1. The number of aliphatic carboxylic acids is 1. The fraction of sp³-hybridized carbons (Fsp3) is 0.462. The molecule has 0 saturated carbocycles. The molecule has 1 aromatic rings. The van der Waals surface area contributed by atoms with Gasteiger partial charge in [0.2, 0.25) is 0 Å². The normalized spacial score (nSPS) is 12.5. The van der Waals surface area contributed by atoms with Crippen LogP contribution in [-0.2, 0) is 4.79 Å². The monoisotopic (exact) mass is 240 g/mol. The lowest BCUT2D eigenvalue weighted by atomic mass is 9.93. The first-order valence-corrected chi connectivity index (χ1v) is 5.59. The van der Waals surface area contributed by atoms with Gasteiger partial charge in [-0.05, 0) is 30.2 Å². The van der Waals surface area contributed by atoms with Crippen molar-refractivity contribution in [2.75, 3.05) is 6.61 Å². The minimum absolute atomic E-state index is 0.0439. The summed E-state index contributed by atoms with van der Waals surface area (Å²) >= 11 is 0. The Balaban J connectivity index is 2.51. The third kappa shape index (κ3) is 4.85. The van der Waals surface area contributed by atoms with Crippen LogP contribution >= 0.6 is 0 Å². The number of hydrogen-bond acceptors (Lipinski definition) is 2. The molecule has 0 aliphatic heterocycles. The van der Waals surface area contributed by atoms with E-state index in [0.29, 0.717) is 12.4 Å². The smallest absolute Gasteiger partial charge is 0.303 e. The topological polar surface area (TPSA) is 46.5 Å². The summed E-state index contributed by atoms with van der Waals surface area (Å²) in [7, 11) is 0. The Bertz CT molecular complexity index is 359. The first-order valence-electron chi connectivity index (χ1n) is 5.59. The fourth-order valence-corrected chi connectivity index (χ4v) is 1.45. The molecule has 17 heavy (non-hydrogen) atoms. The largest absolute Gasteiger partial charge is 0.493 e. The summed E-state index contributed by atoms with van der Waals surface area (Å²) in [6.07, 6.45) is 0.0822. The molecule has 1 N–H and O–H groups in total. The highest BCUT2D eigenvalue weighted by atomic mass is 19.1. The molecule has 0 saturated heterocycles. The maximum absolute atomic E-state index is 12.7. The summed E-state index contributed by atoms with van der Waals surface area (Å²) in [6.45, 7) is 4.25. The highest BCUT2D eigenvalue weighted by Crippen LogP contribution is 2.18. The van der Waals surface area contributed by atoms with Crippen LogP contribution in [0.25, 0.3) is 0 Å². The van der Waals surface area contributed by atoms with Crippen LogP contribution in [0.2, 0.25) is 0 Å². The average Bonchev–Trinajstić information content (AvgIpc) is 2.25. The second kappa shape index (κ2) is 6.23. The summed E-state index contributed by atoms with van der Waals surface area (Å²) in [6, 6.07) is 5.70. The predicted molar refractivity (Wildman–Crippen MR) is 62.5 cm³/mol. The van der Waals surface area contributed by atoms with Crippen molar-refractivity contribution in [2.24, 2.45) is 11.8 Å². The summed E-state index contributed by atoms with van der Waals surface area (Å²) < 4.78 is 18.1. The minimum atomic E-state index is -0.827. The standard InChI is InChI=1S/C13H17FO3/c1-9(2)10(7-13(15)16)8-17-12-5-3-11(14)4-6-12/h3-6,9-10H,7-8H2,1-2H3,(H,15,16). The van der Waals surface area contributed by atoms with E-state index in [1.54, 1.807) is 0 Å². The van der Waals surface area contributed by atoms with E-state index in [1.807, 2.05) is 13.8 Å². The zero-order chi connectivity index (χ0) is 12.8. The second-order valence-corrected chi connectivity index (χ2v) is 4.37. The van der Waals surface area contributed by atoms with E-state index in [4.69, 9.17) is 9.84 Å². The third-order valence-electron chi connectivity index (χ3n) is 2.66. The van der Waals surface area contributed by atoms with Gasteiger partial charge in [0.05, 0.1) is 13.0 Å². The highest BCUT2D eigenvalue weighted by molar-refractivity contribution is 5.67. The van der Waals surface area contributed by atoms with E-state index >= 15 is 0 Å². The van der Waals surface area contributed by atoms with Crippen LogP contribution < -0.4 is 4.74 Å². The summed E-state index contributed by atoms with van der Waals surface area (Å²) in [4.78, 5) is 10.7. The van der Waals surface area contributed by atoms with Crippen LogP contribution in [0.5, 0.6) is 5.75 Å². The van der Waals surface area contributed by atoms with E-state index in [9.17, 15) is 9.18 Å². The van der Waals surface area contributed by atoms with E-state index in [0.717, 1.165) is 0 Å². The van der Waals surface area contributed by atoms with Gasteiger partial charge in [-0.25, -0.2) is 4.39 Å². The Kier molecular flexibility index (Phi) is 4.94. The van der Waals surface area contributed by atoms with Gasteiger partial charge in [-0.3, -0.25) is 4.79 Å². The van der Waals surface area contributed by atoms with Crippen molar-refractivity contribution < 1.29 is 19.0 Å². The van der Waals surface area contributed by atoms with Crippen molar-refractivity contribution in [2.45, 2.75) is 20.3 Å². The molecule has 94 valence electrons. The summed E-state index contributed by atoms with van der Waals surface area (Å²) in [5.74, 6) is -0.402. The first kappa shape index (κ1) is 13.5. The Labute approximate surface area is 100 Å². The van der Waals surface area contributed by atoms with Crippen LogP contribution in [0.3, 0.4) is 0 Å². The lowest BCUT2D eigenvalue weighted by Gasteiger charge is -2.19. The molecule has 0 heterocycles. The highest BCUT2D eigenvalue weighted by Gasteiger charge is 2.17. The molecule has 1 aromatic carbocycles. The van der Waals surface area contributed by atoms with Crippen molar-refractivity contribution in [3.63, 3.8) is 0 Å². The van der Waals surface area contributed by atoms with Crippen LogP contribution in [0.1, 0.15) is 20.3 Å². The van der Waals surface area contributed by atoms with E-state index < -0.39 is 5.97 Å². The van der Waals surface area contributed by atoms with Crippen molar-refractivity contribution in [1.29, 1.82) is 0 Å². The second-order valence-electron chi connectivity index (χ2n) is 4.37. The van der Waals surface area contributed by atoms with Gasteiger partial charge in [0, 0.05) is 5.92 Å². The molecule has 3 nitrogen and oxygen atoms in total. The predicted octanol–water partition coefficient (Wildman–Crippen LogP) is 2.95. The quantitative estimate of drug-likeness (QED) is 0.831. The molecule has 0 aliphatic carbocycles. The third-order valence-corrected chi connectivity index (χ3v) is 2.66. The van der Waals surface area contributed by atoms with Gasteiger partial charge in [0.25, 0.3) is 0 Å². The number of carboxylic acid groups (broad SMARTS) is 1. The number of carboxylic acids is 1. The molecule has 0 spiro atoms.